The van der Waals surface area contributed by atoms with Crippen LogP contribution in [0.4, 0.5) is 0 Å². The number of allylic oxidation sites excluding steroid dienone is 1. The van der Waals surface area contributed by atoms with Gasteiger partial charge in [0.05, 0.1) is 0 Å². The fourth-order valence-electron chi connectivity index (χ4n) is 1.33. The molecule has 1 heteroatoms. The fraction of sp³-hybridized carbons (Fsp3) is 0.800. The number of rotatable bonds is 5. The first-order valence-corrected chi connectivity index (χ1v) is 4.63. The molecule has 0 aliphatic rings. The third-order valence-electron chi connectivity index (χ3n) is 1.70. The van der Waals surface area contributed by atoms with Crippen LogP contribution in [-0.2, 0) is 0 Å². The molecule has 1 atom stereocenters. The summed E-state index contributed by atoms with van der Waals surface area (Å²) >= 11 is 6.08. The van der Waals surface area contributed by atoms with Gasteiger partial charge in [0.1, 0.15) is 0 Å². The minimum absolute atomic E-state index is 0.0411. The lowest BCUT2D eigenvalue weighted by molar-refractivity contribution is 0.438. The van der Waals surface area contributed by atoms with Crippen LogP contribution in [0.5, 0.6) is 0 Å². The maximum Gasteiger partial charge on any atom is 0.0393 e. The topological polar surface area (TPSA) is 0 Å². The Labute approximate surface area is 75.6 Å². The van der Waals surface area contributed by atoms with Crippen molar-refractivity contribution >= 4 is 11.6 Å². The molecule has 0 spiro atoms. The van der Waals surface area contributed by atoms with Gasteiger partial charge in [-0.25, -0.2) is 0 Å². The fourth-order valence-corrected chi connectivity index (χ4v) is 1.60. The first-order chi connectivity index (χ1) is 4.95. The van der Waals surface area contributed by atoms with Crippen molar-refractivity contribution in [1.82, 2.24) is 0 Å². The van der Waals surface area contributed by atoms with Crippen molar-refractivity contribution < 1.29 is 0 Å². The number of halogens is 1. The van der Waals surface area contributed by atoms with E-state index in [0.29, 0.717) is 5.92 Å². The Morgan fingerprint density at radius 3 is 2.45 bits per heavy atom. The molecule has 0 bridgehead atoms. The Hall–Kier alpha value is 0.0300. The molecule has 0 nitrogen and oxygen atoms in total. The van der Waals surface area contributed by atoms with Gasteiger partial charge in [0.2, 0.25) is 0 Å². The third kappa shape index (κ3) is 7.93. The largest absolute Gasteiger partial charge is 0.120 e. The Morgan fingerprint density at radius 2 is 2.09 bits per heavy atom. The van der Waals surface area contributed by atoms with Crippen LogP contribution in [0, 0.1) is 5.92 Å². The van der Waals surface area contributed by atoms with E-state index in [4.69, 9.17) is 11.6 Å². The SMILES string of the molecule is C=CCCC(C)CC(C)(C)Cl. The average Bonchev–Trinajstić information content (AvgIpc) is 1.79. The Bertz CT molecular complexity index is 111. The van der Waals surface area contributed by atoms with E-state index in [-0.39, 0.29) is 4.87 Å². The Kier molecular flexibility index (Phi) is 4.83. The van der Waals surface area contributed by atoms with E-state index in [1.165, 1.54) is 6.42 Å². The lowest BCUT2D eigenvalue weighted by Crippen LogP contribution is -2.14. The maximum absolute atomic E-state index is 6.08. The first kappa shape index (κ1) is 11.0. The minimum Gasteiger partial charge on any atom is -0.120 e. The Balaban J connectivity index is 3.51. The van der Waals surface area contributed by atoms with Crippen LogP contribution in [0.3, 0.4) is 0 Å². The molecule has 0 N–H and O–H groups in total. The monoisotopic (exact) mass is 174 g/mol. The van der Waals surface area contributed by atoms with Gasteiger partial charge in [0, 0.05) is 4.87 Å². The summed E-state index contributed by atoms with van der Waals surface area (Å²) in [7, 11) is 0. The van der Waals surface area contributed by atoms with E-state index in [0.717, 1.165) is 12.8 Å². The smallest absolute Gasteiger partial charge is 0.0393 e. The minimum atomic E-state index is -0.0411. The van der Waals surface area contributed by atoms with E-state index < -0.39 is 0 Å². The summed E-state index contributed by atoms with van der Waals surface area (Å²) < 4.78 is 0. The zero-order chi connectivity index (χ0) is 8.91. The molecule has 0 rings (SSSR count). The zero-order valence-corrected chi connectivity index (χ0v) is 8.62. The number of alkyl halides is 1. The van der Waals surface area contributed by atoms with Crippen LogP contribution in [0.2, 0.25) is 0 Å². The van der Waals surface area contributed by atoms with Gasteiger partial charge in [-0.3, -0.25) is 0 Å². The van der Waals surface area contributed by atoms with Gasteiger partial charge >= 0.3 is 0 Å². The predicted molar refractivity (Wildman–Crippen MR) is 53.1 cm³/mol. The molecule has 66 valence electrons. The molecule has 0 amide bonds. The van der Waals surface area contributed by atoms with Gasteiger partial charge in [0.15, 0.2) is 0 Å². The molecule has 0 aromatic heterocycles. The summed E-state index contributed by atoms with van der Waals surface area (Å²) in [4.78, 5) is -0.0411. The number of hydrogen-bond acceptors (Lipinski definition) is 0. The number of hydrogen-bond donors (Lipinski definition) is 0. The summed E-state index contributed by atoms with van der Waals surface area (Å²) in [6, 6.07) is 0. The van der Waals surface area contributed by atoms with Crippen LogP contribution in [0.15, 0.2) is 12.7 Å². The maximum atomic E-state index is 6.08. The molecule has 0 heterocycles. The molecule has 0 aromatic carbocycles. The first-order valence-electron chi connectivity index (χ1n) is 4.25. The highest BCUT2D eigenvalue weighted by atomic mass is 35.5. The zero-order valence-electron chi connectivity index (χ0n) is 7.86. The lowest BCUT2D eigenvalue weighted by atomic mass is 9.94. The summed E-state index contributed by atoms with van der Waals surface area (Å²) in [5.41, 5.74) is 0. The molecular formula is C10H19Cl. The molecule has 0 radical (unpaired) electrons. The van der Waals surface area contributed by atoms with Crippen molar-refractivity contribution in [1.29, 1.82) is 0 Å². The van der Waals surface area contributed by atoms with Crippen molar-refractivity contribution in [2.45, 2.75) is 44.9 Å². The van der Waals surface area contributed by atoms with Crippen LogP contribution in [-0.4, -0.2) is 4.87 Å². The van der Waals surface area contributed by atoms with Gasteiger partial charge in [-0.05, 0) is 39.0 Å². The van der Waals surface area contributed by atoms with Crippen molar-refractivity contribution in [3.63, 3.8) is 0 Å². The van der Waals surface area contributed by atoms with E-state index in [1.807, 2.05) is 6.08 Å². The average molecular weight is 175 g/mol. The van der Waals surface area contributed by atoms with Crippen molar-refractivity contribution in [3.8, 4) is 0 Å². The second-order valence-electron chi connectivity index (χ2n) is 3.89. The molecule has 0 aliphatic heterocycles. The van der Waals surface area contributed by atoms with Crippen LogP contribution in [0.25, 0.3) is 0 Å². The molecule has 1 unspecified atom stereocenters. The second-order valence-corrected chi connectivity index (χ2v) is 4.92. The molecule has 11 heavy (non-hydrogen) atoms. The summed E-state index contributed by atoms with van der Waals surface area (Å²) in [5, 5.41) is 0. The molecule has 0 aliphatic carbocycles. The van der Waals surface area contributed by atoms with E-state index in [2.05, 4.69) is 27.4 Å². The van der Waals surface area contributed by atoms with Crippen molar-refractivity contribution in [2.24, 2.45) is 5.92 Å². The van der Waals surface area contributed by atoms with Gasteiger partial charge in [-0.1, -0.05) is 13.0 Å². The highest BCUT2D eigenvalue weighted by Gasteiger charge is 2.16. The highest BCUT2D eigenvalue weighted by molar-refractivity contribution is 6.23. The van der Waals surface area contributed by atoms with Gasteiger partial charge in [0.25, 0.3) is 0 Å². The summed E-state index contributed by atoms with van der Waals surface area (Å²) in [6.45, 7) is 10.1. The molecule has 0 aromatic rings. The Morgan fingerprint density at radius 1 is 1.55 bits per heavy atom. The van der Waals surface area contributed by atoms with Crippen molar-refractivity contribution in [2.75, 3.05) is 0 Å². The second kappa shape index (κ2) is 4.82. The van der Waals surface area contributed by atoms with Crippen molar-refractivity contribution in [3.05, 3.63) is 12.7 Å². The van der Waals surface area contributed by atoms with E-state index >= 15 is 0 Å². The highest BCUT2D eigenvalue weighted by Crippen LogP contribution is 2.25. The molecule has 0 saturated heterocycles. The van der Waals surface area contributed by atoms with Crippen LogP contribution in [0.1, 0.15) is 40.0 Å². The van der Waals surface area contributed by atoms with E-state index in [1.54, 1.807) is 0 Å². The standard InChI is InChI=1S/C10H19Cl/c1-5-6-7-9(2)8-10(3,4)11/h5,9H,1,6-8H2,2-4H3. The molecular weight excluding hydrogens is 156 g/mol. The van der Waals surface area contributed by atoms with Gasteiger partial charge < -0.3 is 0 Å². The predicted octanol–water partition coefficient (Wildman–Crippen LogP) is 4.00. The van der Waals surface area contributed by atoms with Crippen LogP contribution < -0.4 is 0 Å². The normalized spacial score (nSPS) is 14.5. The third-order valence-corrected chi connectivity index (χ3v) is 1.85. The van der Waals surface area contributed by atoms with E-state index in [9.17, 15) is 0 Å². The lowest BCUT2D eigenvalue weighted by Gasteiger charge is -2.20. The molecule has 0 fully saturated rings. The quantitative estimate of drug-likeness (QED) is 0.437. The van der Waals surface area contributed by atoms with Gasteiger partial charge in [-0.15, -0.1) is 18.2 Å². The summed E-state index contributed by atoms with van der Waals surface area (Å²) in [5.74, 6) is 0.709. The van der Waals surface area contributed by atoms with Gasteiger partial charge in [-0.2, -0.15) is 0 Å². The molecule has 0 saturated carbocycles. The van der Waals surface area contributed by atoms with Crippen LogP contribution >= 0.6 is 11.6 Å². The summed E-state index contributed by atoms with van der Waals surface area (Å²) in [6.07, 6.45) is 5.37.